The normalized spacial score (nSPS) is 19.3. The van der Waals surface area contributed by atoms with Crippen molar-refractivity contribution in [3.05, 3.63) is 51.2 Å². The van der Waals surface area contributed by atoms with Crippen molar-refractivity contribution in [2.45, 2.75) is 64.3 Å². The SMILES string of the molecule is Cc1c(F)c(=O)n(C2CCCC2)c2nc(Nc3ccc(N4CCC(CCCN5CCNCC5)CC4)c(Cl)c3)ncc12. The third kappa shape index (κ3) is 6.22. The fourth-order valence-corrected chi connectivity index (χ4v) is 7.13. The van der Waals surface area contributed by atoms with Crippen molar-refractivity contribution in [1.29, 1.82) is 0 Å². The van der Waals surface area contributed by atoms with Gasteiger partial charge in [0.05, 0.1) is 10.7 Å². The molecule has 0 radical (unpaired) electrons. The van der Waals surface area contributed by atoms with E-state index < -0.39 is 11.4 Å². The molecule has 1 saturated carbocycles. The summed E-state index contributed by atoms with van der Waals surface area (Å²) in [5.74, 6) is 0.438. The second-order valence-electron chi connectivity index (χ2n) is 11.9. The van der Waals surface area contributed by atoms with Gasteiger partial charge in [0.25, 0.3) is 5.56 Å². The Balaban J connectivity index is 1.10. The number of fused-ring (bicyclic) bond motifs is 1. The van der Waals surface area contributed by atoms with E-state index in [9.17, 15) is 9.18 Å². The Morgan fingerprint density at radius 3 is 2.59 bits per heavy atom. The van der Waals surface area contributed by atoms with Crippen molar-refractivity contribution in [3.63, 3.8) is 0 Å². The van der Waals surface area contributed by atoms with Gasteiger partial charge in [0.2, 0.25) is 5.95 Å². The van der Waals surface area contributed by atoms with E-state index >= 15 is 0 Å². The topological polar surface area (TPSA) is 78.3 Å². The molecule has 8 nitrogen and oxygen atoms in total. The van der Waals surface area contributed by atoms with Gasteiger partial charge in [-0.25, -0.2) is 9.37 Å². The van der Waals surface area contributed by atoms with Crippen LogP contribution >= 0.6 is 11.6 Å². The molecule has 3 fully saturated rings. The highest BCUT2D eigenvalue weighted by atomic mass is 35.5. The van der Waals surface area contributed by atoms with E-state index in [-0.39, 0.29) is 6.04 Å². The molecule has 2 saturated heterocycles. The zero-order valence-electron chi connectivity index (χ0n) is 24.0. The van der Waals surface area contributed by atoms with Crippen molar-refractivity contribution in [2.75, 3.05) is 56.0 Å². The lowest BCUT2D eigenvalue weighted by Crippen LogP contribution is -2.43. The van der Waals surface area contributed by atoms with Crippen LogP contribution in [0.2, 0.25) is 5.02 Å². The Morgan fingerprint density at radius 2 is 1.85 bits per heavy atom. The van der Waals surface area contributed by atoms with Crippen LogP contribution in [0.3, 0.4) is 0 Å². The molecule has 2 aromatic heterocycles. The number of nitrogens with zero attached hydrogens (tertiary/aromatic N) is 5. The van der Waals surface area contributed by atoms with Gasteiger partial charge in [-0.2, -0.15) is 4.98 Å². The maximum absolute atomic E-state index is 14.8. The van der Waals surface area contributed by atoms with Crippen LogP contribution in [-0.4, -0.2) is 65.2 Å². The highest BCUT2D eigenvalue weighted by Gasteiger charge is 2.25. The largest absolute Gasteiger partial charge is 0.370 e. The predicted octanol–water partition coefficient (Wildman–Crippen LogP) is 5.65. The molecule has 0 unspecified atom stereocenters. The van der Waals surface area contributed by atoms with E-state index in [4.69, 9.17) is 16.6 Å². The van der Waals surface area contributed by atoms with Gasteiger partial charge in [-0.1, -0.05) is 24.4 Å². The summed E-state index contributed by atoms with van der Waals surface area (Å²) in [7, 11) is 0. The number of rotatable bonds is 8. The molecule has 0 amide bonds. The number of benzene rings is 1. The molecule has 2 aliphatic heterocycles. The first-order valence-electron chi connectivity index (χ1n) is 15.3. The smallest absolute Gasteiger partial charge is 0.288 e. The number of hydrogen-bond acceptors (Lipinski definition) is 7. The Kier molecular flexibility index (Phi) is 8.74. The highest BCUT2D eigenvalue weighted by Crippen LogP contribution is 2.34. The number of aromatic nitrogens is 3. The third-order valence-electron chi connectivity index (χ3n) is 9.28. The zero-order valence-corrected chi connectivity index (χ0v) is 24.7. The van der Waals surface area contributed by atoms with Gasteiger partial charge in [-0.15, -0.1) is 0 Å². The average molecular weight is 582 g/mol. The van der Waals surface area contributed by atoms with E-state index in [1.807, 2.05) is 12.1 Å². The second-order valence-corrected chi connectivity index (χ2v) is 12.3. The standard InChI is InChI=1S/C31H41ClFN7O/c1-21-25-20-35-31(37-29(25)40(30(41)28(21)33)24-6-2-3-7-24)36-23-8-9-27(26(32)19-23)39-15-10-22(11-16-39)5-4-14-38-17-12-34-13-18-38/h8-9,19-20,22,24,34H,2-7,10-18H2,1H3,(H,35,36,37). The second kappa shape index (κ2) is 12.6. The fourth-order valence-electron chi connectivity index (χ4n) is 6.83. The Bertz CT molecular complexity index is 1430. The monoisotopic (exact) mass is 581 g/mol. The van der Waals surface area contributed by atoms with Gasteiger partial charge >= 0.3 is 0 Å². The van der Waals surface area contributed by atoms with E-state index in [0.717, 1.165) is 69.2 Å². The van der Waals surface area contributed by atoms with Crippen LogP contribution in [0.4, 0.5) is 21.7 Å². The minimum atomic E-state index is -0.713. The van der Waals surface area contributed by atoms with Gasteiger partial charge in [0, 0.05) is 68.1 Å². The number of piperazine rings is 1. The molecule has 1 aliphatic carbocycles. The minimum absolute atomic E-state index is 0.0343. The van der Waals surface area contributed by atoms with E-state index in [2.05, 4.69) is 31.5 Å². The first-order chi connectivity index (χ1) is 20.0. The van der Waals surface area contributed by atoms with Crippen molar-refractivity contribution in [2.24, 2.45) is 5.92 Å². The lowest BCUT2D eigenvalue weighted by atomic mass is 9.92. The van der Waals surface area contributed by atoms with Crippen LogP contribution in [0.1, 0.15) is 63.0 Å². The van der Waals surface area contributed by atoms with Crippen molar-refractivity contribution >= 4 is 40.0 Å². The summed E-state index contributed by atoms with van der Waals surface area (Å²) in [5, 5.41) is 7.94. The number of halogens is 2. The number of hydrogen-bond donors (Lipinski definition) is 2. The maximum Gasteiger partial charge on any atom is 0.288 e. The molecule has 2 N–H and O–H groups in total. The van der Waals surface area contributed by atoms with Crippen LogP contribution < -0.4 is 21.1 Å². The third-order valence-corrected chi connectivity index (χ3v) is 9.58. The van der Waals surface area contributed by atoms with Crippen LogP contribution in [-0.2, 0) is 0 Å². The van der Waals surface area contributed by atoms with E-state index in [1.54, 1.807) is 17.7 Å². The molecule has 4 heterocycles. The molecule has 10 heteroatoms. The van der Waals surface area contributed by atoms with Gasteiger partial charge in [-0.3, -0.25) is 9.36 Å². The first kappa shape index (κ1) is 28.4. The molecule has 0 bridgehead atoms. The van der Waals surface area contributed by atoms with Crippen molar-refractivity contribution in [3.8, 4) is 0 Å². The summed E-state index contributed by atoms with van der Waals surface area (Å²) in [6.45, 7) is 9.46. The Labute approximate surface area is 246 Å². The molecule has 6 rings (SSSR count). The molecule has 3 aliphatic rings. The molecule has 1 aromatic carbocycles. The summed E-state index contributed by atoms with van der Waals surface area (Å²) in [6.07, 6.45) is 10.4. The molecule has 0 spiro atoms. The summed E-state index contributed by atoms with van der Waals surface area (Å²) >= 11 is 6.78. The molecular formula is C31H41ClFN7O. The van der Waals surface area contributed by atoms with Crippen molar-refractivity contribution < 1.29 is 4.39 Å². The molecule has 3 aromatic rings. The molecular weight excluding hydrogens is 541 g/mol. The number of nitrogens with one attached hydrogen (secondary N) is 2. The van der Waals surface area contributed by atoms with Gasteiger partial charge in [0.15, 0.2) is 5.82 Å². The van der Waals surface area contributed by atoms with Gasteiger partial charge in [-0.05, 0) is 76.1 Å². The van der Waals surface area contributed by atoms with E-state index in [0.29, 0.717) is 27.6 Å². The summed E-state index contributed by atoms with van der Waals surface area (Å²) in [6, 6.07) is 5.93. The molecule has 220 valence electrons. The molecule has 0 atom stereocenters. The number of aryl methyl sites for hydroxylation is 1. The number of anilines is 3. The van der Waals surface area contributed by atoms with E-state index in [1.165, 1.54) is 45.3 Å². The lowest BCUT2D eigenvalue weighted by Gasteiger charge is -2.35. The highest BCUT2D eigenvalue weighted by molar-refractivity contribution is 6.33. The Hall–Kier alpha value is -2.75. The lowest BCUT2D eigenvalue weighted by molar-refractivity contribution is 0.227. The van der Waals surface area contributed by atoms with Crippen LogP contribution in [0.25, 0.3) is 11.0 Å². The Morgan fingerprint density at radius 1 is 1.10 bits per heavy atom. The van der Waals surface area contributed by atoms with Crippen molar-refractivity contribution in [1.82, 2.24) is 24.8 Å². The maximum atomic E-state index is 14.8. The van der Waals surface area contributed by atoms with Crippen LogP contribution in [0, 0.1) is 18.7 Å². The first-order valence-corrected chi connectivity index (χ1v) is 15.7. The summed E-state index contributed by atoms with van der Waals surface area (Å²) in [5.41, 5.74) is 2.01. The molecule has 41 heavy (non-hydrogen) atoms. The summed E-state index contributed by atoms with van der Waals surface area (Å²) < 4.78 is 16.3. The van der Waals surface area contributed by atoms with Crippen LogP contribution in [0.15, 0.2) is 29.2 Å². The fraction of sp³-hybridized carbons (Fsp3) is 0.581. The van der Waals surface area contributed by atoms with Gasteiger partial charge in [0.1, 0.15) is 5.65 Å². The average Bonchev–Trinajstić information content (AvgIpc) is 3.52. The van der Waals surface area contributed by atoms with Gasteiger partial charge < -0.3 is 20.4 Å². The minimum Gasteiger partial charge on any atom is -0.370 e. The number of piperidine rings is 1. The van der Waals surface area contributed by atoms with Crippen LogP contribution in [0.5, 0.6) is 0 Å². The zero-order chi connectivity index (χ0) is 28.3. The summed E-state index contributed by atoms with van der Waals surface area (Å²) in [4.78, 5) is 27.0. The number of pyridine rings is 1. The quantitative estimate of drug-likeness (QED) is 0.356. The predicted molar refractivity (Wildman–Crippen MR) is 164 cm³/mol.